The summed E-state index contributed by atoms with van der Waals surface area (Å²) in [6.07, 6.45) is 2.63. The first kappa shape index (κ1) is 12.3. The summed E-state index contributed by atoms with van der Waals surface area (Å²) in [4.78, 5) is 2.47. The summed E-state index contributed by atoms with van der Waals surface area (Å²) in [5.74, 6) is 1.63. The second-order valence-corrected chi connectivity index (χ2v) is 5.64. The quantitative estimate of drug-likeness (QED) is 0.762. The highest BCUT2D eigenvalue weighted by molar-refractivity contribution is 5.00. The monoisotopic (exact) mass is 226 g/mol. The highest BCUT2D eigenvalue weighted by Crippen LogP contribution is 2.47. The van der Waals surface area contributed by atoms with Gasteiger partial charge in [0, 0.05) is 12.0 Å². The van der Waals surface area contributed by atoms with Gasteiger partial charge in [-0.05, 0) is 45.4 Å². The van der Waals surface area contributed by atoms with E-state index in [1.54, 1.807) is 0 Å². The lowest BCUT2D eigenvalue weighted by Crippen LogP contribution is -2.56. The first-order valence-electron chi connectivity index (χ1n) is 6.64. The van der Waals surface area contributed by atoms with E-state index in [-0.39, 0.29) is 0 Å². The van der Waals surface area contributed by atoms with E-state index in [1.165, 1.54) is 25.9 Å². The molecule has 0 amide bonds. The van der Waals surface area contributed by atoms with E-state index in [9.17, 15) is 0 Å². The van der Waals surface area contributed by atoms with E-state index in [4.69, 9.17) is 4.74 Å². The molecule has 16 heavy (non-hydrogen) atoms. The summed E-state index contributed by atoms with van der Waals surface area (Å²) in [5, 5.41) is 3.36. The number of likely N-dealkylation sites (tertiary alicyclic amines) is 1. The molecule has 1 N–H and O–H groups in total. The molecule has 2 saturated heterocycles. The first-order chi connectivity index (χ1) is 7.73. The second kappa shape index (κ2) is 5.03. The number of hydrogen-bond acceptors (Lipinski definition) is 3. The zero-order chi connectivity index (χ0) is 11.6. The molecule has 2 fully saturated rings. The predicted molar refractivity (Wildman–Crippen MR) is 66.6 cm³/mol. The molecular formula is C13H26N2O. The maximum Gasteiger partial charge on any atom is 0.0551 e. The van der Waals surface area contributed by atoms with Gasteiger partial charge in [-0.1, -0.05) is 13.3 Å². The van der Waals surface area contributed by atoms with Crippen molar-refractivity contribution < 1.29 is 4.74 Å². The van der Waals surface area contributed by atoms with Crippen LogP contribution in [0.25, 0.3) is 0 Å². The van der Waals surface area contributed by atoms with E-state index >= 15 is 0 Å². The average molecular weight is 226 g/mol. The van der Waals surface area contributed by atoms with Gasteiger partial charge in [0.1, 0.15) is 0 Å². The highest BCUT2D eigenvalue weighted by Gasteiger charge is 2.51. The average Bonchev–Trinajstić information content (AvgIpc) is 2.62. The molecule has 2 rings (SSSR count). The number of ether oxygens (including phenoxy) is 1. The number of nitrogens with one attached hydrogen (secondary N) is 1. The lowest BCUT2D eigenvalue weighted by molar-refractivity contribution is -0.175. The maximum absolute atomic E-state index is 5.57. The zero-order valence-corrected chi connectivity index (χ0v) is 11.0. The van der Waals surface area contributed by atoms with Gasteiger partial charge in [0.2, 0.25) is 0 Å². The van der Waals surface area contributed by atoms with E-state index in [2.05, 4.69) is 31.2 Å². The molecule has 0 bridgehead atoms. The van der Waals surface area contributed by atoms with Crippen LogP contribution in [-0.4, -0.2) is 51.8 Å². The minimum atomic E-state index is 0.475. The van der Waals surface area contributed by atoms with E-state index in [0.717, 1.165) is 31.6 Å². The van der Waals surface area contributed by atoms with Crippen molar-refractivity contribution >= 4 is 0 Å². The second-order valence-electron chi connectivity index (χ2n) is 5.64. The fourth-order valence-corrected chi connectivity index (χ4v) is 3.55. The molecule has 0 radical (unpaired) electrons. The largest absolute Gasteiger partial charge is 0.380 e. The van der Waals surface area contributed by atoms with Gasteiger partial charge in [0.25, 0.3) is 0 Å². The molecule has 2 aliphatic heterocycles. The number of hydrogen-bond donors (Lipinski definition) is 1. The third kappa shape index (κ3) is 2.01. The number of rotatable bonds is 5. The summed E-state index contributed by atoms with van der Waals surface area (Å²) >= 11 is 0. The Balaban J connectivity index is 2.05. The molecular weight excluding hydrogens is 200 g/mol. The Hall–Kier alpha value is -0.120. The van der Waals surface area contributed by atoms with Crippen LogP contribution in [0.15, 0.2) is 0 Å². The Kier molecular flexibility index (Phi) is 3.88. The molecule has 3 heteroatoms. The smallest absolute Gasteiger partial charge is 0.0551 e. The van der Waals surface area contributed by atoms with Gasteiger partial charge in [-0.2, -0.15) is 0 Å². The van der Waals surface area contributed by atoms with Crippen LogP contribution in [0.1, 0.15) is 19.8 Å². The maximum atomic E-state index is 5.57. The van der Waals surface area contributed by atoms with Gasteiger partial charge in [0.15, 0.2) is 0 Å². The summed E-state index contributed by atoms with van der Waals surface area (Å²) < 4.78 is 5.57. The molecule has 2 heterocycles. The van der Waals surface area contributed by atoms with Crippen LogP contribution in [0.3, 0.4) is 0 Å². The van der Waals surface area contributed by atoms with Crippen LogP contribution in [0, 0.1) is 17.3 Å². The molecule has 94 valence electrons. The molecule has 0 aromatic rings. The molecule has 0 saturated carbocycles. The Morgan fingerprint density at radius 1 is 1.50 bits per heavy atom. The van der Waals surface area contributed by atoms with Crippen molar-refractivity contribution in [3.05, 3.63) is 0 Å². The van der Waals surface area contributed by atoms with Crippen LogP contribution < -0.4 is 5.32 Å². The predicted octanol–water partition coefficient (Wildman–Crippen LogP) is 1.20. The van der Waals surface area contributed by atoms with Gasteiger partial charge < -0.3 is 15.0 Å². The van der Waals surface area contributed by atoms with Crippen molar-refractivity contribution in [1.29, 1.82) is 0 Å². The first-order valence-corrected chi connectivity index (χ1v) is 6.64. The Bertz CT molecular complexity index is 222. The molecule has 2 aliphatic rings. The van der Waals surface area contributed by atoms with Gasteiger partial charge in [-0.3, -0.25) is 0 Å². The van der Waals surface area contributed by atoms with Crippen LogP contribution in [0.4, 0.5) is 0 Å². The Labute approximate surface area is 99.5 Å². The van der Waals surface area contributed by atoms with Crippen LogP contribution in [0.5, 0.6) is 0 Å². The van der Waals surface area contributed by atoms with Gasteiger partial charge in [0.05, 0.1) is 13.2 Å². The standard InChI is InChI=1S/C13H26N2O/c1-4-11(7-14-2)13(9-16-10-13)12-5-6-15(3)8-12/h11-12,14H,4-10H2,1-3H3. The van der Waals surface area contributed by atoms with Crippen molar-refractivity contribution in [2.45, 2.75) is 19.8 Å². The third-order valence-electron chi connectivity index (χ3n) is 4.70. The van der Waals surface area contributed by atoms with Gasteiger partial charge in [-0.25, -0.2) is 0 Å². The lowest BCUT2D eigenvalue weighted by Gasteiger charge is -2.51. The van der Waals surface area contributed by atoms with Crippen LogP contribution in [0.2, 0.25) is 0 Å². The SMILES string of the molecule is CCC(CNC)C1(C2CCN(C)C2)COC1. The van der Waals surface area contributed by atoms with E-state index in [0.29, 0.717) is 5.41 Å². The lowest BCUT2D eigenvalue weighted by atomic mass is 9.63. The fourth-order valence-electron chi connectivity index (χ4n) is 3.55. The minimum Gasteiger partial charge on any atom is -0.380 e. The van der Waals surface area contributed by atoms with E-state index < -0.39 is 0 Å². The summed E-state index contributed by atoms with van der Waals surface area (Å²) in [7, 11) is 4.31. The fraction of sp³-hybridized carbons (Fsp3) is 1.00. The molecule has 2 atom stereocenters. The van der Waals surface area contributed by atoms with Crippen LogP contribution >= 0.6 is 0 Å². The van der Waals surface area contributed by atoms with Gasteiger partial charge in [-0.15, -0.1) is 0 Å². The molecule has 3 nitrogen and oxygen atoms in total. The number of nitrogens with zero attached hydrogens (tertiary/aromatic N) is 1. The normalized spacial score (nSPS) is 31.3. The van der Waals surface area contributed by atoms with Crippen LogP contribution in [-0.2, 0) is 4.74 Å². The molecule has 2 unspecified atom stereocenters. The zero-order valence-electron chi connectivity index (χ0n) is 11.0. The topological polar surface area (TPSA) is 24.5 Å². The molecule has 0 aromatic heterocycles. The van der Waals surface area contributed by atoms with Crippen molar-refractivity contribution in [2.75, 3.05) is 46.9 Å². The van der Waals surface area contributed by atoms with Gasteiger partial charge >= 0.3 is 0 Å². The molecule has 0 aliphatic carbocycles. The summed E-state index contributed by atoms with van der Waals surface area (Å²) in [6, 6.07) is 0. The Morgan fingerprint density at radius 2 is 2.25 bits per heavy atom. The van der Waals surface area contributed by atoms with Crippen molar-refractivity contribution in [3.63, 3.8) is 0 Å². The molecule has 0 aromatic carbocycles. The Morgan fingerprint density at radius 3 is 2.62 bits per heavy atom. The summed E-state index contributed by atoms with van der Waals surface area (Å²) in [6.45, 7) is 7.98. The minimum absolute atomic E-state index is 0.475. The van der Waals surface area contributed by atoms with Crippen molar-refractivity contribution in [1.82, 2.24) is 10.2 Å². The van der Waals surface area contributed by atoms with Crippen molar-refractivity contribution in [2.24, 2.45) is 17.3 Å². The third-order valence-corrected chi connectivity index (χ3v) is 4.70. The highest BCUT2D eigenvalue weighted by atomic mass is 16.5. The molecule has 0 spiro atoms. The summed E-state index contributed by atoms with van der Waals surface area (Å²) in [5.41, 5.74) is 0.475. The van der Waals surface area contributed by atoms with E-state index in [1.807, 2.05) is 0 Å². The van der Waals surface area contributed by atoms with Crippen molar-refractivity contribution in [3.8, 4) is 0 Å².